The van der Waals surface area contributed by atoms with Crippen LogP contribution < -0.4 is 5.32 Å². The van der Waals surface area contributed by atoms with Gasteiger partial charge in [0, 0.05) is 25.7 Å². The van der Waals surface area contributed by atoms with Gasteiger partial charge < -0.3 is 15.2 Å². The molecule has 2 saturated carbocycles. The Bertz CT molecular complexity index is 312. The lowest BCUT2D eigenvalue weighted by Gasteiger charge is -2.39. The van der Waals surface area contributed by atoms with Gasteiger partial charge in [-0.3, -0.25) is 4.90 Å². The fraction of sp³-hybridized carbons (Fsp3) is 1.00. The van der Waals surface area contributed by atoms with Gasteiger partial charge in [0.05, 0.1) is 18.2 Å². The Morgan fingerprint density at radius 3 is 2.55 bits per heavy atom. The topological polar surface area (TPSA) is 44.7 Å². The summed E-state index contributed by atoms with van der Waals surface area (Å²) in [5.74, 6) is 0.673. The van der Waals surface area contributed by atoms with Gasteiger partial charge >= 0.3 is 0 Å². The third kappa shape index (κ3) is 3.53. The first-order valence-electron chi connectivity index (χ1n) is 8.48. The second-order valence-corrected chi connectivity index (χ2v) is 6.97. The summed E-state index contributed by atoms with van der Waals surface area (Å²) in [5.41, 5.74) is -0.0597. The van der Waals surface area contributed by atoms with Crippen molar-refractivity contribution in [3.05, 3.63) is 0 Å². The second kappa shape index (κ2) is 6.30. The summed E-state index contributed by atoms with van der Waals surface area (Å²) in [7, 11) is 0. The van der Waals surface area contributed by atoms with E-state index in [4.69, 9.17) is 4.74 Å². The van der Waals surface area contributed by atoms with Crippen molar-refractivity contribution < 1.29 is 9.84 Å². The van der Waals surface area contributed by atoms with E-state index in [9.17, 15) is 5.11 Å². The van der Waals surface area contributed by atoms with Crippen LogP contribution in [0.25, 0.3) is 0 Å². The average molecular weight is 282 g/mol. The number of ether oxygens (including phenoxy) is 1. The summed E-state index contributed by atoms with van der Waals surface area (Å²) in [6.07, 6.45) is 7.93. The Kier molecular flexibility index (Phi) is 4.65. The SMILES string of the molecule is CCN(CC1CCCO1)CC(CO)(NC1CC1)C1CC1. The van der Waals surface area contributed by atoms with E-state index in [1.807, 2.05) is 0 Å². The molecule has 2 aliphatic carbocycles. The van der Waals surface area contributed by atoms with Crippen LogP contribution in [0, 0.1) is 5.92 Å². The zero-order valence-electron chi connectivity index (χ0n) is 12.8. The van der Waals surface area contributed by atoms with Gasteiger partial charge in [0.25, 0.3) is 0 Å². The van der Waals surface area contributed by atoms with Gasteiger partial charge in [-0.2, -0.15) is 0 Å². The summed E-state index contributed by atoms with van der Waals surface area (Å²) in [6, 6.07) is 0.657. The minimum absolute atomic E-state index is 0.0597. The van der Waals surface area contributed by atoms with Crippen LogP contribution in [0.3, 0.4) is 0 Å². The first-order valence-corrected chi connectivity index (χ1v) is 8.48. The first kappa shape index (κ1) is 14.8. The highest BCUT2D eigenvalue weighted by atomic mass is 16.5. The molecule has 4 heteroatoms. The molecule has 116 valence electrons. The third-order valence-corrected chi connectivity index (χ3v) is 5.15. The highest BCUT2D eigenvalue weighted by molar-refractivity contribution is 5.06. The smallest absolute Gasteiger partial charge is 0.0702 e. The lowest BCUT2D eigenvalue weighted by molar-refractivity contribution is 0.0441. The maximum Gasteiger partial charge on any atom is 0.0702 e. The molecule has 2 atom stereocenters. The van der Waals surface area contributed by atoms with E-state index in [-0.39, 0.29) is 12.1 Å². The molecule has 1 heterocycles. The van der Waals surface area contributed by atoms with Gasteiger partial charge in [0.1, 0.15) is 0 Å². The van der Waals surface area contributed by atoms with E-state index >= 15 is 0 Å². The van der Waals surface area contributed by atoms with E-state index in [1.54, 1.807) is 0 Å². The molecule has 3 fully saturated rings. The fourth-order valence-corrected chi connectivity index (χ4v) is 3.57. The molecule has 3 rings (SSSR count). The maximum atomic E-state index is 10.0. The highest BCUT2D eigenvalue weighted by Crippen LogP contribution is 2.42. The molecule has 4 nitrogen and oxygen atoms in total. The Morgan fingerprint density at radius 1 is 1.25 bits per heavy atom. The largest absolute Gasteiger partial charge is 0.394 e. The van der Waals surface area contributed by atoms with Crippen molar-refractivity contribution in [2.24, 2.45) is 5.92 Å². The van der Waals surface area contributed by atoms with Crippen molar-refractivity contribution in [3.63, 3.8) is 0 Å². The van der Waals surface area contributed by atoms with Crippen molar-refractivity contribution in [2.45, 2.75) is 63.1 Å². The second-order valence-electron chi connectivity index (χ2n) is 6.97. The van der Waals surface area contributed by atoms with Crippen LogP contribution in [0.15, 0.2) is 0 Å². The molecule has 0 bridgehead atoms. The summed E-state index contributed by atoms with van der Waals surface area (Å²) in [6.45, 7) is 6.46. The molecule has 2 N–H and O–H groups in total. The highest BCUT2D eigenvalue weighted by Gasteiger charge is 2.48. The van der Waals surface area contributed by atoms with Crippen molar-refractivity contribution >= 4 is 0 Å². The summed E-state index contributed by atoms with van der Waals surface area (Å²) in [5, 5.41) is 13.8. The molecular formula is C16H30N2O2. The van der Waals surface area contributed by atoms with Crippen LogP contribution >= 0.6 is 0 Å². The normalized spacial score (nSPS) is 29.9. The minimum Gasteiger partial charge on any atom is -0.394 e. The quantitative estimate of drug-likeness (QED) is 0.671. The van der Waals surface area contributed by atoms with Crippen LogP contribution in [0.5, 0.6) is 0 Å². The molecular weight excluding hydrogens is 252 g/mol. The van der Waals surface area contributed by atoms with E-state index < -0.39 is 0 Å². The molecule has 0 amide bonds. The Hall–Kier alpha value is -0.160. The molecule has 0 aromatic carbocycles. The summed E-state index contributed by atoms with van der Waals surface area (Å²) >= 11 is 0. The zero-order chi connectivity index (χ0) is 14.0. The minimum atomic E-state index is -0.0597. The van der Waals surface area contributed by atoms with E-state index in [2.05, 4.69) is 17.1 Å². The summed E-state index contributed by atoms with van der Waals surface area (Å²) < 4.78 is 5.78. The van der Waals surface area contributed by atoms with Crippen LogP contribution in [0.2, 0.25) is 0 Å². The Balaban J connectivity index is 1.60. The molecule has 3 aliphatic rings. The maximum absolute atomic E-state index is 10.0. The number of rotatable bonds is 9. The average Bonchev–Trinajstić information content (AvgIpc) is 3.38. The van der Waals surface area contributed by atoms with Gasteiger partial charge in [-0.25, -0.2) is 0 Å². The van der Waals surface area contributed by atoms with Crippen LogP contribution in [0.4, 0.5) is 0 Å². The monoisotopic (exact) mass is 282 g/mol. The van der Waals surface area contributed by atoms with Gasteiger partial charge in [0.15, 0.2) is 0 Å². The molecule has 2 unspecified atom stereocenters. The number of likely N-dealkylation sites (N-methyl/N-ethyl adjacent to an activating group) is 1. The van der Waals surface area contributed by atoms with Gasteiger partial charge in [-0.05, 0) is 51.0 Å². The number of aliphatic hydroxyl groups excluding tert-OH is 1. The number of hydrogen-bond acceptors (Lipinski definition) is 4. The van der Waals surface area contributed by atoms with Gasteiger partial charge in [0.2, 0.25) is 0 Å². The lowest BCUT2D eigenvalue weighted by Crippen LogP contribution is -2.59. The number of aliphatic hydroxyl groups is 1. The predicted octanol–water partition coefficient (Wildman–Crippen LogP) is 1.38. The van der Waals surface area contributed by atoms with Crippen molar-refractivity contribution in [2.75, 3.05) is 32.8 Å². The number of nitrogens with one attached hydrogen (secondary N) is 1. The van der Waals surface area contributed by atoms with E-state index in [0.29, 0.717) is 18.1 Å². The molecule has 0 radical (unpaired) electrons. The fourth-order valence-electron chi connectivity index (χ4n) is 3.57. The Labute approximate surface area is 122 Å². The van der Waals surface area contributed by atoms with Crippen LogP contribution in [-0.2, 0) is 4.74 Å². The van der Waals surface area contributed by atoms with Crippen LogP contribution in [-0.4, -0.2) is 60.5 Å². The number of hydrogen-bond donors (Lipinski definition) is 2. The van der Waals surface area contributed by atoms with Gasteiger partial charge in [-0.1, -0.05) is 6.92 Å². The predicted molar refractivity (Wildman–Crippen MR) is 79.8 cm³/mol. The van der Waals surface area contributed by atoms with E-state index in [1.165, 1.54) is 38.5 Å². The van der Waals surface area contributed by atoms with Crippen molar-refractivity contribution in [1.29, 1.82) is 0 Å². The standard InChI is InChI=1S/C16H30N2O2/c1-2-18(10-15-4-3-9-20-15)11-16(12-19,13-5-6-13)17-14-7-8-14/h13-15,17,19H,2-12H2,1H3. The lowest BCUT2D eigenvalue weighted by atomic mass is 9.92. The Morgan fingerprint density at radius 2 is 2.05 bits per heavy atom. The van der Waals surface area contributed by atoms with Gasteiger partial charge in [-0.15, -0.1) is 0 Å². The summed E-state index contributed by atoms with van der Waals surface area (Å²) in [4.78, 5) is 2.49. The molecule has 0 spiro atoms. The molecule has 20 heavy (non-hydrogen) atoms. The zero-order valence-corrected chi connectivity index (χ0v) is 12.8. The molecule has 1 aliphatic heterocycles. The first-order chi connectivity index (χ1) is 9.75. The van der Waals surface area contributed by atoms with Crippen molar-refractivity contribution in [3.8, 4) is 0 Å². The molecule has 1 saturated heterocycles. The van der Waals surface area contributed by atoms with Crippen LogP contribution in [0.1, 0.15) is 45.4 Å². The number of nitrogens with zero attached hydrogens (tertiary/aromatic N) is 1. The molecule has 0 aromatic rings. The molecule has 0 aromatic heterocycles. The third-order valence-electron chi connectivity index (χ3n) is 5.15. The van der Waals surface area contributed by atoms with Crippen molar-refractivity contribution in [1.82, 2.24) is 10.2 Å². The van der Waals surface area contributed by atoms with E-state index in [0.717, 1.165) is 26.2 Å².